The Hall–Kier alpha value is -4.71. The topological polar surface area (TPSA) is 144 Å². The number of hydrogen-bond donors (Lipinski definition) is 3. The Balaban J connectivity index is 1.45. The zero-order valence-electron chi connectivity index (χ0n) is 34.4. The summed E-state index contributed by atoms with van der Waals surface area (Å²) in [5.74, 6) is 7.22. The van der Waals surface area contributed by atoms with Crippen LogP contribution in [-0.2, 0) is 28.4 Å². The first-order chi connectivity index (χ1) is 28.1. The molecule has 0 bridgehead atoms. The van der Waals surface area contributed by atoms with Crippen LogP contribution in [0.2, 0.25) is 0 Å². The fraction of sp³-hybridized carbons (Fsp3) is 0.452. The van der Waals surface area contributed by atoms with Gasteiger partial charge in [-0.2, -0.15) is 0 Å². The van der Waals surface area contributed by atoms with Crippen LogP contribution in [0.5, 0.6) is 5.75 Å². The zero-order chi connectivity index (χ0) is 41.4. The maximum absolute atomic E-state index is 14.5. The molecule has 1 saturated heterocycles. The van der Waals surface area contributed by atoms with E-state index >= 15 is 0 Å². The van der Waals surface area contributed by atoms with Crippen molar-refractivity contribution in [2.24, 2.45) is 11.6 Å². The van der Waals surface area contributed by atoms with Gasteiger partial charge in [-0.15, -0.1) is 0 Å². The lowest BCUT2D eigenvalue weighted by Gasteiger charge is -2.27. The number of methoxy groups -OCH3 is 1. The maximum atomic E-state index is 14.5. The number of nitrogens with two attached hydrogens (primary N) is 2. The summed E-state index contributed by atoms with van der Waals surface area (Å²) in [6.07, 6.45) is 1.64. The van der Waals surface area contributed by atoms with Crippen LogP contribution >= 0.6 is 0 Å². The van der Waals surface area contributed by atoms with Crippen LogP contribution in [-0.4, -0.2) is 127 Å². The number of halogens is 2. The zero-order valence-corrected chi connectivity index (χ0v) is 34.4. The lowest BCUT2D eigenvalue weighted by molar-refractivity contribution is -0.446. The van der Waals surface area contributed by atoms with Crippen molar-refractivity contribution in [3.05, 3.63) is 98.9 Å². The molecule has 0 aliphatic carbocycles. The molecule has 0 radical (unpaired) electrons. The van der Waals surface area contributed by atoms with Gasteiger partial charge in [-0.25, -0.2) is 5.84 Å². The van der Waals surface area contributed by atoms with Crippen LogP contribution in [0.4, 0.5) is 20.0 Å². The Morgan fingerprint density at radius 1 is 0.776 bits per heavy atom. The van der Waals surface area contributed by atoms with E-state index in [4.69, 9.17) is 44.7 Å². The van der Waals surface area contributed by atoms with Crippen LogP contribution in [0.25, 0.3) is 11.3 Å². The minimum Gasteiger partial charge on any atom is -0.489 e. The third-order valence-electron chi connectivity index (χ3n) is 9.66. The van der Waals surface area contributed by atoms with E-state index in [0.717, 1.165) is 37.9 Å². The molecule has 0 amide bonds. The van der Waals surface area contributed by atoms with Crippen molar-refractivity contribution in [2.45, 2.75) is 27.7 Å². The third-order valence-corrected chi connectivity index (χ3v) is 9.66. The Labute approximate surface area is 339 Å². The molecule has 314 valence electrons. The fourth-order valence-corrected chi connectivity index (χ4v) is 6.86. The molecule has 4 aromatic rings. The summed E-state index contributed by atoms with van der Waals surface area (Å²) < 4.78 is 71.5. The van der Waals surface area contributed by atoms with Crippen molar-refractivity contribution < 1.29 is 46.5 Å². The van der Waals surface area contributed by atoms with E-state index in [-0.39, 0.29) is 0 Å². The standard InChI is InChI=1S/C42H57BF2N6O7/c1-30-26-32(3)48-41(30)40(42-31(2)27-33(4)51(42)43(44)45)35-8-6-34(7-9-35)37(46)29-50(47)36-10-11-38(39(28-36)58-25-16-52-5)49-12-14-53-17-19-55-21-23-57-24-22-56-20-18-54-15-13-49/h6-11,26-29H,12-25,46-47H2,1-5H3/p+1. The van der Waals surface area contributed by atoms with Crippen LogP contribution in [0.3, 0.4) is 0 Å². The number of anilines is 1. The van der Waals surface area contributed by atoms with Gasteiger partial charge in [0.25, 0.3) is 0 Å². The molecule has 0 saturated carbocycles. The van der Waals surface area contributed by atoms with Gasteiger partial charge in [0.15, 0.2) is 0 Å². The van der Waals surface area contributed by atoms with E-state index < -0.39 is 7.40 Å². The van der Waals surface area contributed by atoms with Crippen LogP contribution < -0.4 is 31.7 Å². The Morgan fingerprint density at radius 2 is 1.34 bits per heavy atom. The highest BCUT2D eigenvalue weighted by Crippen LogP contribution is 2.33. The van der Waals surface area contributed by atoms with Crippen LogP contribution in [0.1, 0.15) is 33.9 Å². The summed E-state index contributed by atoms with van der Waals surface area (Å²) in [5.41, 5.74) is 13.6. The van der Waals surface area contributed by atoms with Crippen molar-refractivity contribution in [1.82, 2.24) is 9.46 Å². The number of aromatic nitrogens is 2. The number of ether oxygens (including phenoxy) is 7. The number of hydrazine groups is 1. The number of hydrazone groups is 1. The summed E-state index contributed by atoms with van der Waals surface area (Å²) in [7, 11) is -1.08. The van der Waals surface area contributed by atoms with Gasteiger partial charge in [0.05, 0.1) is 90.1 Å². The van der Waals surface area contributed by atoms with E-state index in [1.807, 2.05) is 69.3 Å². The quantitative estimate of drug-likeness (QED) is 0.0546. The van der Waals surface area contributed by atoms with Gasteiger partial charge in [-0.3, -0.25) is 8.63 Å². The molecule has 2 aromatic carbocycles. The first-order valence-electron chi connectivity index (χ1n) is 19.6. The van der Waals surface area contributed by atoms with Crippen molar-refractivity contribution in [3.8, 4) is 5.75 Å². The predicted octanol–water partition coefficient (Wildman–Crippen LogP) is 3.35. The highest BCUT2D eigenvalue weighted by molar-refractivity contribution is 6.41. The molecule has 5 rings (SSSR count). The van der Waals surface area contributed by atoms with Gasteiger partial charge >= 0.3 is 7.40 Å². The minimum absolute atomic E-state index is 0.322. The molecule has 0 unspecified atom stereocenters. The number of nitrogens with one attached hydrogen (secondary N) is 1. The second-order valence-electron chi connectivity index (χ2n) is 14.0. The van der Waals surface area contributed by atoms with E-state index in [9.17, 15) is 8.63 Å². The van der Waals surface area contributed by atoms with Gasteiger partial charge in [-0.05, 0) is 62.2 Å². The molecule has 0 atom stereocenters. The highest BCUT2D eigenvalue weighted by atomic mass is 19.2. The van der Waals surface area contributed by atoms with Crippen molar-refractivity contribution in [3.63, 3.8) is 0 Å². The molecule has 0 spiro atoms. The Kier molecular flexibility index (Phi) is 17.2. The fourth-order valence-electron chi connectivity index (χ4n) is 6.86. The SMILES string of the molecule is COCCOc1cc([N+](N)=CC(N)=c2ccc(=C(c3[nH]c(C)cc3C)c3c(C)cc(C)n3B(F)F)cc2)ccc1N1CCOCCOCCOCCOCCOCC1. The lowest BCUT2D eigenvalue weighted by Crippen LogP contribution is -2.32. The summed E-state index contributed by atoms with van der Waals surface area (Å²) >= 11 is 0. The van der Waals surface area contributed by atoms with Crippen molar-refractivity contribution >= 4 is 36.3 Å². The van der Waals surface area contributed by atoms with Gasteiger partial charge in [0.1, 0.15) is 18.1 Å². The minimum atomic E-state index is -2.70. The smallest absolute Gasteiger partial charge is 0.489 e. The van der Waals surface area contributed by atoms with Crippen LogP contribution in [0, 0.1) is 27.7 Å². The lowest BCUT2D eigenvalue weighted by atomic mass is 9.98. The summed E-state index contributed by atoms with van der Waals surface area (Å²) in [5, 5.41) is 1.47. The average Bonchev–Trinajstić information content (AvgIpc) is 3.69. The van der Waals surface area contributed by atoms with E-state index in [2.05, 4.69) is 9.88 Å². The second kappa shape index (κ2) is 22.4. The van der Waals surface area contributed by atoms with Gasteiger partial charge < -0.3 is 53.3 Å². The number of nitrogens with zero attached hydrogens (tertiary/aromatic N) is 3. The largest absolute Gasteiger partial charge is 0.677 e. The average molecular weight is 808 g/mol. The van der Waals surface area contributed by atoms with Crippen molar-refractivity contribution in [2.75, 3.05) is 104 Å². The first-order valence-corrected chi connectivity index (χ1v) is 19.6. The molecule has 16 heteroatoms. The number of H-pyrrole nitrogens is 1. The van der Waals surface area contributed by atoms with Gasteiger partial charge in [0.2, 0.25) is 11.9 Å². The molecule has 58 heavy (non-hydrogen) atoms. The molecule has 3 heterocycles. The van der Waals surface area contributed by atoms with Gasteiger partial charge in [0, 0.05) is 54.1 Å². The summed E-state index contributed by atoms with van der Waals surface area (Å²) in [6.45, 7) is 14.1. The Bertz CT molecular complexity index is 2050. The second-order valence-corrected chi connectivity index (χ2v) is 14.0. The summed E-state index contributed by atoms with van der Waals surface area (Å²) in [4.78, 5) is 5.55. The van der Waals surface area contributed by atoms with Gasteiger partial charge in [-0.1, -0.05) is 28.9 Å². The predicted molar refractivity (Wildman–Crippen MR) is 223 cm³/mol. The molecule has 1 aliphatic rings. The van der Waals surface area contributed by atoms with E-state index in [0.29, 0.717) is 132 Å². The number of rotatable bonds is 10. The molecule has 13 nitrogen and oxygen atoms in total. The number of benzene rings is 2. The van der Waals surface area contributed by atoms with E-state index in [1.165, 1.54) is 4.68 Å². The van der Waals surface area contributed by atoms with E-state index in [1.54, 1.807) is 26.3 Å². The molecular formula is C42H58BF2N6O7+. The third kappa shape index (κ3) is 12.2. The molecule has 1 aliphatic heterocycles. The molecule has 5 N–H and O–H groups in total. The number of aromatic amines is 1. The first kappa shape index (κ1) is 44.4. The normalized spacial score (nSPS) is 15.8. The Morgan fingerprint density at radius 3 is 1.88 bits per heavy atom. The maximum Gasteiger partial charge on any atom is 0.677 e. The molecule has 1 fully saturated rings. The molecular weight excluding hydrogens is 749 g/mol. The van der Waals surface area contributed by atoms with Crippen molar-refractivity contribution in [1.29, 1.82) is 0 Å². The van der Waals surface area contributed by atoms with Crippen LogP contribution in [0.15, 0.2) is 54.6 Å². The highest BCUT2D eigenvalue weighted by Gasteiger charge is 2.28. The number of aryl methyl sites for hydroxylation is 4. The number of hydrogen-bond acceptors (Lipinski definition) is 10. The summed E-state index contributed by atoms with van der Waals surface area (Å²) in [6, 6.07) is 17.0. The monoisotopic (exact) mass is 807 g/mol. The molecule has 2 aromatic heterocycles.